The molecule has 21 heavy (non-hydrogen) atoms. The Morgan fingerprint density at radius 1 is 1.00 bits per heavy atom. The lowest BCUT2D eigenvalue weighted by molar-refractivity contribution is 0.298. The maximum atomic E-state index is 5.78. The van der Waals surface area contributed by atoms with E-state index < -0.39 is 0 Å². The fourth-order valence-corrected chi connectivity index (χ4v) is 2.47. The van der Waals surface area contributed by atoms with Gasteiger partial charge < -0.3 is 15.0 Å². The van der Waals surface area contributed by atoms with E-state index in [0.717, 1.165) is 35.6 Å². The molecular weight excluding hydrogens is 262 g/mol. The Balaban J connectivity index is 1.77. The zero-order valence-corrected chi connectivity index (χ0v) is 11.9. The standard InChI is InChI=1S/C17H19N3O/c18-11-10-17-19-15-8-4-5-9-16(15)20(17)12-13-21-14-6-2-1-3-7-14/h1-9H,10-13,18H2. The van der Waals surface area contributed by atoms with Gasteiger partial charge in [-0.25, -0.2) is 4.98 Å². The van der Waals surface area contributed by atoms with E-state index in [0.29, 0.717) is 13.2 Å². The van der Waals surface area contributed by atoms with Crippen LogP contribution in [0.4, 0.5) is 0 Å². The van der Waals surface area contributed by atoms with Gasteiger partial charge in [-0.05, 0) is 30.8 Å². The largest absolute Gasteiger partial charge is 0.492 e. The molecule has 0 amide bonds. The fourth-order valence-electron chi connectivity index (χ4n) is 2.47. The zero-order valence-electron chi connectivity index (χ0n) is 11.9. The molecule has 0 unspecified atom stereocenters. The smallest absolute Gasteiger partial charge is 0.119 e. The van der Waals surface area contributed by atoms with Crippen molar-refractivity contribution in [3.05, 3.63) is 60.4 Å². The Labute approximate surface area is 124 Å². The monoisotopic (exact) mass is 281 g/mol. The molecule has 1 aromatic heterocycles. The van der Waals surface area contributed by atoms with Crippen LogP contribution in [-0.2, 0) is 13.0 Å². The van der Waals surface area contributed by atoms with Crippen LogP contribution in [0.15, 0.2) is 54.6 Å². The summed E-state index contributed by atoms with van der Waals surface area (Å²) < 4.78 is 7.98. The van der Waals surface area contributed by atoms with Crippen LogP contribution in [0.2, 0.25) is 0 Å². The van der Waals surface area contributed by atoms with E-state index in [1.165, 1.54) is 0 Å². The molecule has 3 aromatic rings. The van der Waals surface area contributed by atoms with Crippen LogP contribution in [-0.4, -0.2) is 22.7 Å². The summed E-state index contributed by atoms with van der Waals surface area (Å²) in [5.74, 6) is 1.91. The third kappa shape index (κ3) is 3.06. The van der Waals surface area contributed by atoms with Gasteiger partial charge in [0.25, 0.3) is 0 Å². The molecule has 0 aliphatic heterocycles. The van der Waals surface area contributed by atoms with Crippen LogP contribution in [0.5, 0.6) is 5.75 Å². The van der Waals surface area contributed by atoms with Crippen molar-refractivity contribution in [1.29, 1.82) is 0 Å². The molecule has 0 radical (unpaired) electrons. The van der Waals surface area contributed by atoms with Crippen LogP contribution in [0.1, 0.15) is 5.82 Å². The Kier molecular flexibility index (Phi) is 4.17. The lowest BCUT2D eigenvalue weighted by Gasteiger charge is -2.10. The molecule has 0 aliphatic carbocycles. The van der Waals surface area contributed by atoms with E-state index in [4.69, 9.17) is 10.5 Å². The second-order valence-electron chi connectivity index (χ2n) is 4.87. The average molecular weight is 281 g/mol. The molecule has 2 N–H and O–H groups in total. The van der Waals surface area contributed by atoms with Gasteiger partial charge >= 0.3 is 0 Å². The molecule has 108 valence electrons. The van der Waals surface area contributed by atoms with Crippen LogP contribution in [0, 0.1) is 0 Å². The molecule has 0 aliphatic rings. The van der Waals surface area contributed by atoms with Gasteiger partial charge in [0.05, 0.1) is 17.6 Å². The van der Waals surface area contributed by atoms with Gasteiger partial charge in [0, 0.05) is 6.42 Å². The summed E-state index contributed by atoms with van der Waals surface area (Å²) in [4.78, 5) is 4.66. The number of nitrogens with two attached hydrogens (primary N) is 1. The van der Waals surface area contributed by atoms with Crippen LogP contribution >= 0.6 is 0 Å². The molecule has 2 aromatic carbocycles. The number of benzene rings is 2. The topological polar surface area (TPSA) is 53.1 Å². The first-order chi connectivity index (χ1) is 10.4. The number of rotatable bonds is 6. The highest BCUT2D eigenvalue weighted by Crippen LogP contribution is 2.16. The second kappa shape index (κ2) is 6.41. The molecule has 0 spiro atoms. The van der Waals surface area contributed by atoms with Gasteiger partial charge in [-0.15, -0.1) is 0 Å². The summed E-state index contributed by atoms with van der Waals surface area (Å²) in [5, 5.41) is 0. The average Bonchev–Trinajstić information content (AvgIpc) is 2.87. The molecule has 0 bridgehead atoms. The summed E-state index contributed by atoms with van der Waals surface area (Å²) >= 11 is 0. The van der Waals surface area contributed by atoms with E-state index >= 15 is 0 Å². The van der Waals surface area contributed by atoms with Gasteiger partial charge in [-0.1, -0.05) is 30.3 Å². The first kappa shape index (κ1) is 13.6. The fraction of sp³-hybridized carbons (Fsp3) is 0.235. The van der Waals surface area contributed by atoms with Gasteiger partial charge in [-0.3, -0.25) is 0 Å². The molecule has 3 rings (SSSR count). The first-order valence-corrected chi connectivity index (χ1v) is 7.20. The Morgan fingerprint density at radius 2 is 1.76 bits per heavy atom. The van der Waals surface area contributed by atoms with Gasteiger partial charge in [-0.2, -0.15) is 0 Å². The Hall–Kier alpha value is -2.33. The maximum absolute atomic E-state index is 5.78. The molecule has 4 nitrogen and oxygen atoms in total. The lowest BCUT2D eigenvalue weighted by atomic mass is 10.3. The highest BCUT2D eigenvalue weighted by Gasteiger charge is 2.09. The summed E-state index contributed by atoms with van der Waals surface area (Å²) in [6.07, 6.45) is 0.778. The molecular formula is C17H19N3O. The number of hydrogen-bond donors (Lipinski definition) is 1. The van der Waals surface area contributed by atoms with Crippen molar-refractivity contribution in [2.45, 2.75) is 13.0 Å². The van der Waals surface area contributed by atoms with Gasteiger partial charge in [0.1, 0.15) is 18.2 Å². The molecule has 0 fully saturated rings. The van der Waals surface area contributed by atoms with Crippen LogP contribution in [0.3, 0.4) is 0 Å². The molecule has 0 atom stereocenters. The van der Waals surface area contributed by atoms with Crippen molar-refractivity contribution in [2.24, 2.45) is 5.73 Å². The predicted octanol–water partition coefficient (Wildman–Crippen LogP) is 2.62. The highest BCUT2D eigenvalue weighted by molar-refractivity contribution is 5.75. The van der Waals surface area contributed by atoms with E-state index in [1.807, 2.05) is 48.5 Å². The molecule has 4 heteroatoms. The minimum absolute atomic E-state index is 0.600. The summed E-state index contributed by atoms with van der Waals surface area (Å²) in [6, 6.07) is 18.0. The van der Waals surface area contributed by atoms with E-state index in [9.17, 15) is 0 Å². The zero-order chi connectivity index (χ0) is 14.5. The van der Waals surface area contributed by atoms with Crippen molar-refractivity contribution in [2.75, 3.05) is 13.2 Å². The first-order valence-electron chi connectivity index (χ1n) is 7.20. The molecule has 1 heterocycles. The van der Waals surface area contributed by atoms with Crippen LogP contribution in [0.25, 0.3) is 11.0 Å². The number of nitrogens with zero attached hydrogens (tertiary/aromatic N) is 2. The Bertz CT molecular complexity index is 706. The number of ether oxygens (including phenoxy) is 1. The van der Waals surface area contributed by atoms with Gasteiger partial charge in [0.2, 0.25) is 0 Å². The van der Waals surface area contributed by atoms with Crippen molar-refractivity contribution in [1.82, 2.24) is 9.55 Å². The maximum Gasteiger partial charge on any atom is 0.119 e. The van der Waals surface area contributed by atoms with E-state index in [-0.39, 0.29) is 0 Å². The molecule has 0 saturated carbocycles. The predicted molar refractivity (Wildman–Crippen MR) is 84.4 cm³/mol. The summed E-state index contributed by atoms with van der Waals surface area (Å²) in [7, 11) is 0. The quantitative estimate of drug-likeness (QED) is 0.755. The van der Waals surface area contributed by atoms with Crippen molar-refractivity contribution >= 4 is 11.0 Å². The van der Waals surface area contributed by atoms with E-state index in [1.54, 1.807) is 0 Å². The number of para-hydroxylation sites is 3. The highest BCUT2D eigenvalue weighted by atomic mass is 16.5. The number of hydrogen-bond acceptors (Lipinski definition) is 3. The summed E-state index contributed by atoms with van der Waals surface area (Å²) in [6.45, 7) is 1.98. The minimum atomic E-state index is 0.600. The Morgan fingerprint density at radius 3 is 2.57 bits per heavy atom. The van der Waals surface area contributed by atoms with Crippen molar-refractivity contribution < 1.29 is 4.74 Å². The second-order valence-corrected chi connectivity index (χ2v) is 4.87. The van der Waals surface area contributed by atoms with Crippen molar-refractivity contribution in [3.8, 4) is 5.75 Å². The lowest BCUT2D eigenvalue weighted by Crippen LogP contribution is -2.14. The third-order valence-corrected chi connectivity index (χ3v) is 3.43. The number of imidazole rings is 1. The van der Waals surface area contributed by atoms with Crippen LogP contribution < -0.4 is 10.5 Å². The van der Waals surface area contributed by atoms with Gasteiger partial charge in [0.15, 0.2) is 0 Å². The SMILES string of the molecule is NCCc1nc2ccccc2n1CCOc1ccccc1. The van der Waals surface area contributed by atoms with E-state index in [2.05, 4.69) is 15.6 Å². The van der Waals surface area contributed by atoms with Crippen molar-refractivity contribution in [3.63, 3.8) is 0 Å². The number of fused-ring (bicyclic) bond motifs is 1. The summed E-state index contributed by atoms with van der Waals surface area (Å²) in [5.41, 5.74) is 7.84. The molecule has 0 saturated heterocycles. The normalized spacial score (nSPS) is 10.9. The third-order valence-electron chi connectivity index (χ3n) is 3.43. The minimum Gasteiger partial charge on any atom is -0.492 e. The number of aromatic nitrogens is 2.